The molecule has 22 heavy (non-hydrogen) atoms. The van der Waals surface area contributed by atoms with Crippen molar-refractivity contribution in [3.63, 3.8) is 0 Å². The number of rotatable bonds is 6. The highest BCUT2D eigenvalue weighted by atomic mass is 32.1. The molecule has 2 heterocycles. The van der Waals surface area contributed by atoms with Crippen molar-refractivity contribution >= 4 is 23.0 Å². The third-order valence-corrected chi connectivity index (χ3v) is 5.59. The molecule has 4 nitrogen and oxygen atoms in total. The molecule has 1 aromatic heterocycles. The third kappa shape index (κ3) is 4.17. The Bertz CT molecular complexity index is 543. The topological polar surface area (TPSA) is 49.4 Å². The number of Topliss-reactive ketones (excluding diaryl/α,β-unsaturated/α-hetero) is 1. The number of nitrogens with one attached hydrogen (secondary N) is 1. The molecule has 1 amide bonds. The molecule has 3 rings (SSSR count). The van der Waals surface area contributed by atoms with Gasteiger partial charge in [-0.1, -0.05) is 0 Å². The Morgan fingerprint density at radius 1 is 1.18 bits per heavy atom. The van der Waals surface area contributed by atoms with Crippen LogP contribution < -0.4 is 5.32 Å². The van der Waals surface area contributed by atoms with Crippen LogP contribution in [0.4, 0.5) is 0 Å². The minimum Gasteiger partial charge on any atom is -0.353 e. The lowest BCUT2D eigenvalue weighted by atomic mass is 10.0. The quantitative estimate of drug-likeness (QED) is 0.820. The first kappa shape index (κ1) is 15.7. The zero-order valence-electron chi connectivity index (χ0n) is 13.1. The van der Waals surface area contributed by atoms with Gasteiger partial charge in [0.25, 0.3) is 0 Å². The van der Waals surface area contributed by atoms with Crippen molar-refractivity contribution in [1.29, 1.82) is 0 Å². The van der Waals surface area contributed by atoms with Crippen LogP contribution in [0, 0.1) is 6.92 Å². The van der Waals surface area contributed by atoms with Gasteiger partial charge in [-0.05, 0) is 44.7 Å². The van der Waals surface area contributed by atoms with Crippen LogP contribution in [0.15, 0.2) is 12.1 Å². The van der Waals surface area contributed by atoms with Crippen LogP contribution in [-0.4, -0.2) is 41.8 Å². The lowest BCUT2D eigenvalue weighted by Gasteiger charge is -2.32. The molecule has 2 aliphatic rings. The van der Waals surface area contributed by atoms with Crippen molar-refractivity contribution in [2.45, 2.75) is 57.5 Å². The van der Waals surface area contributed by atoms with Crippen molar-refractivity contribution in [3.05, 3.63) is 21.9 Å². The highest BCUT2D eigenvalue weighted by Crippen LogP contribution is 2.29. The van der Waals surface area contributed by atoms with Gasteiger partial charge in [0, 0.05) is 42.9 Å². The van der Waals surface area contributed by atoms with E-state index in [4.69, 9.17) is 0 Å². The summed E-state index contributed by atoms with van der Waals surface area (Å²) in [7, 11) is 0. The van der Waals surface area contributed by atoms with E-state index in [1.807, 2.05) is 19.1 Å². The van der Waals surface area contributed by atoms with Gasteiger partial charge in [0.1, 0.15) is 0 Å². The largest absolute Gasteiger partial charge is 0.353 e. The van der Waals surface area contributed by atoms with Crippen LogP contribution in [0.1, 0.15) is 53.1 Å². The van der Waals surface area contributed by atoms with E-state index in [0.717, 1.165) is 41.7 Å². The fourth-order valence-electron chi connectivity index (χ4n) is 3.08. The molecule has 0 atom stereocenters. The number of aryl methyl sites for hydroxylation is 1. The van der Waals surface area contributed by atoms with Gasteiger partial charge in [-0.15, -0.1) is 11.3 Å². The van der Waals surface area contributed by atoms with Crippen molar-refractivity contribution in [3.8, 4) is 0 Å². The normalized spacial score (nSPS) is 20.0. The van der Waals surface area contributed by atoms with Gasteiger partial charge >= 0.3 is 0 Å². The summed E-state index contributed by atoms with van der Waals surface area (Å²) in [4.78, 5) is 28.5. The first-order valence-corrected chi connectivity index (χ1v) is 9.06. The number of hydrogen-bond acceptors (Lipinski definition) is 4. The minimum absolute atomic E-state index is 0.0199. The Kier molecular flexibility index (Phi) is 4.93. The molecule has 1 saturated carbocycles. The number of thiophene rings is 1. The number of carbonyl (C=O) groups is 2. The van der Waals surface area contributed by atoms with E-state index in [1.165, 1.54) is 24.2 Å². The molecule has 1 saturated heterocycles. The maximum absolute atomic E-state index is 12.0. The van der Waals surface area contributed by atoms with Crippen molar-refractivity contribution in [1.82, 2.24) is 10.2 Å². The minimum atomic E-state index is 0.0199. The zero-order chi connectivity index (χ0) is 15.5. The summed E-state index contributed by atoms with van der Waals surface area (Å²) in [6, 6.07) is 4.92. The van der Waals surface area contributed by atoms with Gasteiger partial charge in [0.2, 0.25) is 5.91 Å². The fourth-order valence-corrected chi connectivity index (χ4v) is 3.92. The van der Waals surface area contributed by atoms with E-state index in [2.05, 4.69) is 10.2 Å². The molecule has 120 valence electrons. The van der Waals surface area contributed by atoms with Crippen molar-refractivity contribution in [2.75, 3.05) is 13.1 Å². The average molecular weight is 320 g/mol. The van der Waals surface area contributed by atoms with Crippen LogP contribution in [0.5, 0.6) is 0 Å². The Balaban J connectivity index is 1.36. The molecule has 2 fully saturated rings. The second-order valence-corrected chi connectivity index (χ2v) is 7.73. The average Bonchev–Trinajstić information content (AvgIpc) is 3.27. The van der Waals surface area contributed by atoms with Crippen LogP contribution in [0.3, 0.4) is 0 Å². The molecule has 1 aliphatic carbocycles. The van der Waals surface area contributed by atoms with E-state index in [0.29, 0.717) is 18.9 Å². The molecular weight excluding hydrogens is 296 g/mol. The predicted molar refractivity (Wildman–Crippen MR) is 88.4 cm³/mol. The Labute approximate surface area is 135 Å². The predicted octanol–water partition coefficient (Wildman–Crippen LogP) is 2.76. The Hall–Kier alpha value is -1.20. The van der Waals surface area contributed by atoms with Gasteiger partial charge in [-0.2, -0.15) is 0 Å². The van der Waals surface area contributed by atoms with Gasteiger partial charge in [0.05, 0.1) is 4.88 Å². The van der Waals surface area contributed by atoms with Gasteiger partial charge in [0.15, 0.2) is 5.78 Å². The molecule has 1 aliphatic heterocycles. The second-order valence-electron chi connectivity index (χ2n) is 6.44. The van der Waals surface area contributed by atoms with Crippen molar-refractivity contribution in [2.24, 2.45) is 0 Å². The highest BCUT2D eigenvalue weighted by molar-refractivity contribution is 7.14. The summed E-state index contributed by atoms with van der Waals surface area (Å²) in [5.74, 6) is 0.100. The van der Waals surface area contributed by atoms with Gasteiger partial charge in [-0.3, -0.25) is 9.59 Å². The van der Waals surface area contributed by atoms with Crippen LogP contribution in [-0.2, 0) is 4.79 Å². The maximum atomic E-state index is 12.0. The number of nitrogens with zero attached hydrogens (tertiary/aromatic N) is 1. The van der Waals surface area contributed by atoms with E-state index in [9.17, 15) is 9.59 Å². The smallest absolute Gasteiger partial charge is 0.220 e. The second kappa shape index (κ2) is 6.92. The first-order chi connectivity index (χ1) is 10.6. The Morgan fingerprint density at radius 3 is 2.50 bits per heavy atom. The Morgan fingerprint density at radius 2 is 1.91 bits per heavy atom. The standard InChI is InChI=1S/C17H24N2O2S/c1-12-2-6-16(22-12)15(20)5-7-17(21)18-13-8-10-19(11-9-13)14-3-4-14/h2,6,13-14H,3-5,7-11H2,1H3,(H,18,21). The summed E-state index contributed by atoms with van der Waals surface area (Å²) in [6.45, 7) is 4.19. The van der Waals surface area contributed by atoms with Crippen LogP contribution in [0.2, 0.25) is 0 Å². The summed E-state index contributed by atoms with van der Waals surface area (Å²) < 4.78 is 0. The molecule has 0 bridgehead atoms. The molecule has 1 aromatic rings. The monoisotopic (exact) mass is 320 g/mol. The van der Waals surface area contributed by atoms with E-state index in [-0.39, 0.29) is 11.7 Å². The zero-order valence-corrected chi connectivity index (χ0v) is 14.0. The lowest BCUT2D eigenvalue weighted by Crippen LogP contribution is -2.45. The molecule has 5 heteroatoms. The first-order valence-electron chi connectivity index (χ1n) is 8.25. The summed E-state index contributed by atoms with van der Waals surface area (Å²) in [5.41, 5.74) is 0. The molecular formula is C17H24N2O2S. The molecule has 0 spiro atoms. The molecule has 1 N–H and O–H groups in total. The van der Waals surface area contributed by atoms with Gasteiger partial charge in [-0.25, -0.2) is 0 Å². The third-order valence-electron chi connectivity index (χ3n) is 4.55. The molecule has 0 unspecified atom stereocenters. The fraction of sp³-hybridized carbons (Fsp3) is 0.647. The number of amides is 1. The van der Waals surface area contributed by atoms with Crippen molar-refractivity contribution < 1.29 is 9.59 Å². The van der Waals surface area contributed by atoms with Gasteiger partial charge < -0.3 is 10.2 Å². The summed E-state index contributed by atoms with van der Waals surface area (Å²) in [5, 5.41) is 3.10. The number of hydrogen-bond donors (Lipinski definition) is 1. The maximum Gasteiger partial charge on any atom is 0.220 e. The summed E-state index contributed by atoms with van der Waals surface area (Å²) in [6.07, 6.45) is 5.40. The number of piperidine rings is 1. The summed E-state index contributed by atoms with van der Waals surface area (Å²) >= 11 is 1.51. The number of likely N-dealkylation sites (tertiary alicyclic amines) is 1. The van der Waals surface area contributed by atoms with E-state index >= 15 is 0 Å². The highest BCUT2D eigenvalue weighted by Gasteiger charge is 2.32. The number of ketones is 1. The van der Waals surface area contributed by atoms with Crippen LogP contribution in [0.25, 0.3) is 0 Å². The molecule has 0 radical (unpaired) electrons. The molecule has 0 aromatic carbocycles. The van der Waals surface area contributed by atoms with E-state index < -0.39 is 0 Å². The lowest BCUT2D eigenvalue weighted by molar-refractivity contribution is -0.122. The van der Waals surface area contributed by atoms with Crippen LogP contribution >= 0.6 is 11.3 Å². The number of carbonyl (C=O) groups excluding carboxylic acids is 2. The SMILES string of the molecule is Cc1ccc(C(=O)CCC(=O)NC2CCN(C3CC3)CC2)s1. The van der Waals surface area contributed by atoms with E-state index in [1.54, 1.807) is 0 Å².